The predicted molar refractivity (Wildman–Crippen MR) is 83.8 cm³/mol. The quantitative estimate of drug-likeness (QED) is 0.348. The first kappa shape index (κ1) is 17.6. The molecule has 0 N–H and O–H groups in total. The molecule has 0 aromatic rings. The van der Waals surface area contributed by atoms with E-state index >= 15 is 0 Å². The summed E-state index contributed by atoms with van der Waals surface area (Å²) in [6.07, 6.45) is 16.0. The van der Waals surface area contributed by atoms with Crippen LogP contribution in [0.3, 0.4) is 0 Å². The van der Waals surface area contributed by atoms with E-state index in [4.69, 9.17) is 0 Å². The van der Waals surface area contributed by atoms with Gasteiger partial charge in [0.15, 0.2) is 0 Å². The first-order valence-electron chi connectivity index (χ1n) is 7.90. The van der Waals surface area contributed by atoms with Crippen molar-refractivity contribution in [2.45, 2.75) is 71.1 Å². The first-order valence-corrected chi connectivity index (χ1v) is 7.90. The highest BCUT2D eigenvalue weighted by atomic mass is 15.1. The molecule has 0 aromatic heterocycles. The molecule has 0 radical (unpaired) electrons. The van der Waals surface area contributed by atoms with Crippen LogP contribution >= 0.6 is 0 Å². The Labute approximate surface area is 115 Å². The van der Waals surface area contributed by atoms with Crippen LogP contribution in [-0.2, 0) is 0 Å². The van der Waals surface area contributed by atoms with Crippen LogP contribution in [0.5, 0.6) is 0 Å². The lowest BCUT2D eigenvalue weighted by atomic mass is 10.1. The van der Waals surface area contributed by atoms with Crippen molar-refractivity contribution in [3.63, 3.8) is 0 Å². The van der Waals surface area contributed by atoms with Gasteiger partial charge in [0.2, 0.25) is 0 Å². The average Bonchev–Trinajstić information content (AvgIpc) is 2.34. The van der Waals surface area contributed by atoms with Crippen LogP contribution in [0.1, 0.15) is 71.1 Å². The van der Waals surface area contributed by atoms with Crippen LogP contribution in [0.2, 0.25) is 0 Å². The minimum atomic E-state index is 0.970. The Balaban J connectivity index is 3.01. The van der Waals surface area contributed by atoms with Gasteiger partial charge in [0, 0.05) is 19.3 Å². The van der Waals surface area contributed by atoms with Crippen molar-refractivity contribution < 1.29 is 0 Å². The largest absolute Gasteiger partial charge is 0.304 e. The molecule has 0 aliphatic rings. The summed E-state index contributed by atoms with van der Waals surface area (Å²) in [7, 11) is 4.15. The molecule has 108 valence electrons. The zero-order chi connectivity index (χ0) is 13.5. The maximum Gasteiger partial charge on any atom is 0.0385 e. The van der Waals surface area contributed by atoms with Crippen LogP contribution in [0.15, 0.2) is 4.99 Å². The molecule has 0 saturated carbocycles. The molecule has 2 heteroatoms. The summed E-state index contributed by atoms with van der Waals surface area (Å²) in [5.41, 5.74) is 0. The molecule has 2 nitrogen and oxygen atoms in total. The van der Waals surface area contributed by atoms with Gasteiger partial charge in [-0.1, -0.05) is 64.7 Å². The molecule has 18 heavy (non-hydrogen) atoms. The Hall–Kier alpha value is -0.370. The monoisotopic (exact) mass is 254 g/mol. The minimum Gasteiger partial charge on any atom is -0.304 e. The molecule has 0 aromatic carbocycles. The molecule has 0 heterocycles. The van der Waals surface area contributed by atoms with Gasteiger partial charge in [-0.25, -0.2) is 0 Å². The van der Waals surface area contributed by atoms with Crippen molar-refractivity contribution in [3.8, 4) is 0 Å². The van der Waals surface area contributed by atoms with Gasteiger partial charge in [-0.3, -0.25) is 4.99 Å². The topological polar surface area (TPSA) is 15.6 Å². The lowest BCUT2D eigenvalue weighted by molar-refractivity contribution is 0.473. The van der Waals surface area contributed by atoms with E-state index < -0.39 is 0 Å². The van der Waals surface area contributed by atoms with Crippen molar-refractivity contribution in [1.29, 1.82) is 0 Å². The molecule has 0 unspecified atom stereocenters. The van der Waals surface area contributed by atoms with Crippen LogP contribution in [0, 0.1) is 0 Å². The number of nitrogens with zero attached hydrogens (tertiary/aromatic N) is 2. The maximum absolute atomic E-state index is 4.41. The van der Waals surface area contributed by atoms with Gasteiger partial charge in [0.1, 0.15) is 0 Å². The summed E-state index contributed by atoms with van der Waals surface area (Å²) < 4.78 is 0. The highest BCUT2D eigenvalue weighted by molar-refractivity contribution is 5.59. The van der Waals surface area contributed by atoms with Crippen LogP contribution in [-0.4, -0.2) is 38.3 Å². The van der Waals surface area contributed by atoms with E-state index in [9.17, 15) is 0 Å². The fraction of sp³-hybridized carbons (Fsp3) is 0.938. The summed E-state index contributed by atoms with van der Waals surface area (Å²) in [5, 5.41) is 0. The summed E-state index contributed by atoms with van der Waals surface area (Å²) in [4.78, 5) is 6.55. The van der Waals surface area contributed by atoms with E-state index in [-0.39, 0.29) is 0 Å². The van der Waals surface area contributed by atoms with E-state index in [1.165, 1.54) is 64.2 Å². The third kappa shape index (κ3) is 15.6. The van der Waals surface area contributed by atoms with Crippen molar-refractivity contribution in [1.82, 2.24) is 4.90 Å². The van der Waals surface area contributed by atoms with Gasteiger partial charge in [-0.15, -0.1) is 0 Å². The van der Waals surface area contributed by atoms with Crippen molar-refractivity contribution in [2.75, 3.05) is 27.2 Å². The normalized spacial score (nSPS) is 11.8. The Morgan fingerprint density at radius 3 is 1.78 bits per heavy atom. The van der Waals surface area contributed by atoms with Gasteiger partial charge in [0.05, 0.1) is 0 Å². The highest BCUT2D eigenvalue weighted by Crippen LogP contribution is 2.10. The zero-order valence-corrected chi connectivity index (χ0v) is 13.0. The van der Waals surface area contributed by atoms with Crippen LogP contribution < -0.4 is 0 Å². The molecule has 0 amide bonds. The highest BCUT2D eigenvalue weighted by Gasteiger charge is 1.92. The van der Waals surface area contributed by atoms with E-state index in [1.807, 2.05) is 6.21 Å². The van der Waals surface area contributed by atoms with Crippen molar-refractivity contribution in [3.05, 3.63) is 0 Å². The second-order valence-corrected chi connectivity index (χ2v) is 5.53. The van der Waals surface area contributed by atoms with Gasteiger partial charge < -0.3 is 4.90 Å². The third-order valence-corrected chi connectivity index (χ3v) is 3.22. The number of unbranched alkanes of at least 4 members (excludes halogenated alkanes) is 9. The zero-order valence-electron chi connectivity index (χ0n) is 13.0. The summed E-state index contributed by atoms with van der Waals surface area (Å²) in [6.45, 7) is 4.27. The molecular weight excluding hydrogens is 220 g/mol. The van der Waals surface area contributed by atoms with E-state index in [0.29, 0.717) is 0 Å². The van der Waals surface area contributed by atoms with E-state index in [0.717, 1.165) is 13.1 Å². The minimum absolute atomic E-state index is 0.970. The standard InChI is InChI=1S/C16H34N2/c1-4-5-6-7-8-9-10-11-12-13-14-17-15-16-18(2)3/h15H,4-14,16H2,1-3H3. The summed E-state index contributed by atoms with van der Waals surface area (Å²) >= 11 is 0. The summed E-state index contributed by atoms with van der Waals surface area (Å²) in [5.74, 6) is 0. The molecule has 0 spiro atoms. The van der Waals surface area contributed by atoms with Gasteiger partial charge in [0.25, 0.3) is 0 Å². The number of hydrogen-bond acceptors (Lipinski definition) is 2. The predicted octanol–water partition coefficient (Wildman–Crippen LogP) is 4.54. The molecule has 0 saturated heterocycles. The van der Waals surface area contributed by atoms with E-state index in [1.54, 1.807) is 0 Å². The van der Waals surface area contributed by atoms with Crippen molar-refractivity contribution in [2.24, 2.45) is 4.99 Å². The van der Waals surface area contributed by atoms with Gasteiger partial charge in [-0.05, 0) is 20.5 Å². The van der Waals surface area contributed by atoms with Gasteiger partial charge in [-0.2, -0.15) is 0 Å². The summed E-state index contributed by atoms with van der Waals surface area (Å²) in [6, 6.07) is 0. The lowest BCUT2D eigenvalue weighted by Crippen LogP contribution is -2.13. The Morgan fingerprint density at radius 2 is 1.28 bits per heavy atom. The Kier molecular flexibility index (Phi) is 14.4. The fourth-order valence-corrected chi connectivity index (χ4v) is 2.00. The molecule has 0 atom stereocenters. The molecular formula is C16H34N2. The smallest absolute Gasteiger partial charge is 0.0385 e. The number of hydrogen-bond donors (Lipinski definition) is 0. The van der Waals surface area contributed by atoms with Gasteiger partial charge >= 0.3 is 0 Å². The van der Waals surface area contributed by atoms with Crippen LogP contribution in [0.25, 0.3) is 0 Å². The first-order chi connectivity index (χ1) is 8.77. The molecule has 0 rings (SSSR count). The second kappa shape index (κ2) is 14.7. The second-order valence-electron chi connectivity index (χ2n) is 5.53. The Bertz CT molecular complexity index is 176. The molecule has 0 bridgehead atoms. The molecule has 0 aliphatic heterocycles. The fourth-order valence-electron chi connectivity index (χ4n) is 2.00. The van der Waals surface area contributed by atoms with E-state index in [2.05, 4.69) is 30.9 Å². The van der Waals surface area contributed by atoms with Crippen molar-refractivity contribution >= 4 is 6.21 Å². The third-order valence-electron chi connectivity index (χ3n) is 3.22. The number of aliphatic imine (C=N–C) groups is 1. The lowest BCUT2D eigenvalue weighted by Gasteiger charge is -2.03. The maximum atomic E-state index is 4.41. The average molecular weight is 254 g/mol. The molecule has 0 fully saturated rings. The number of rotatable bonds is 13. The Morgan fingerprint density at radius 1 is 0.778 bits per heavy atom. The SMILES string of the molecule is CCCCCCCCCCCCN=CCN(C)C. The van der Waals surface area contributed by atoms with Crippen LogP contribution in [0.4, 0.5) is 0 Å². The molecule has 0 aliphatic carbocycles.